The van der Waals surface area contributed by atoms with Crippen molar-refractivity contribution in [1.29, 1.82) is 0 Å². The van der Waals surface area contributed by atoms with Crippen LogP contribution in [-0.4, -0.2) is 36.3 Å². The van der Waals surface area contributed by atoms with Crippen LogP contribution in [0.2, 0.25) is 0 Å². The van der Waals surface area contributed by atoms with Crippen LogP contribution < -0.4 is 4.74 Å². The molecule has 3 nitrogen and oxygen atoms in total. The Bertz CT molecular complexity index is 760. The van der Waals surface area contributed by atoms with Crippen LogP contribution >= 0.6 is 0 Å². The van der Waals surface area contributed by atoms with E-state index in [0.717, 1.165) is 24.6 Å². The van der Waals surface area contributed by atoms with Gasteiger partial charge in [0, 0.05) is 25.2 Å². The summed E-state index contributed by atoms with van der Waals surface area (Å²) in [5, 5.41) is 9.96. The van der Waals surface area contributed by atoms with Crippen molar-refractivity contribution in [2.45, 2.75) is 51.1 Å². The number of methoxy groups -OCH3 is 1. The summed E-state index contributed by atoms with van der Waals surface area (Å²) in [5.41, 5.74) is 2.81. The summed E-state index contributed by atoms with van der Waals surface area (Å²) in [4.78, 5) is 2.70. The number of rotatable bonds is 6. The Morgan fingerprint density at radius 3 is 2.41 bits per heavy atom. The fourth-order valence-corrected chi connectivity index (χ4v) is 5.75. The van der Waals surface area contributed by atoms with Gasteiger partial charge < -0.3 is 9.84 Å². The van der Waals surface area contributed by atoms with Gasteiger partial charge in [-0.2, -0.15) is 0 Å². The quantitative estimate of drug-likeness (QED) is 0.741. The molecule has 5 atom stereocenters. The number of ether oxygens (including phenoxy) is 1. The molecule has 2 aromatic rings. The molecule has 1 N–H and O–H groups in total. The standard InChI is InChI=1S/C26H35NO2/c1-19(23-6-4-3-5-7-23)27-17-22(18-28)16-24-15-21(10-13-26(24)27)14-20-8-11-25(29-2)12-9-20/h3-9,11-12,19,21-22,24,26,28H,10,13-18H2,1-2H3. The first kappa shape index (κ1) is 20.4. The Kier molecular flexibility index (Phi) is 6.56. The van der Waals surface area contributed by atoms with Gasteiger partial charge in [0.15, 0.2) is 0 Å². The normalized spacial score (nSPS) is 28.5. The van der Waals surface area contributed by atoms with Crippen molar-refractivity contribution in [3.8, 4) is 5.75 Å². The van der Waals surface area contributed by atoms with Crippen molar-refractivity contribution in [2.24, 2.45) is 17.8 Å². The molecule has 1 aliphatic heterocycles. The van der Waals surface area contributed by atoms with E-state index in [1.807, 2.05) is 0 Å². The molecule has 1 aliphatic carbocycles. The van der Waals surface area contributed by atoms with Crippen molar-refractivity contribution in [3.63, 3.8) is 0 Å². The number of piperidine rings is 1. The fraction of sp³-hybridized carbons (Fsp3) is 0.538. The van der Waals surface area contributed by atoms with Gasteiger partial charge in [-0.25, -0.2) is 0 Å². The number of aliphatic hydroxyl groups is 1. The summed E-state index contributed by atoms with van der Waals surface area (Å²) in [6.07, 6.45) is 6.20. The van der Waals surface area contributed by atoms with E-state index in [9.17, 15) is 5.11 Å². The first-order valence-electron chi connectivity index (χ1n) is 11.2. The highest BCUT2D eigenvalue weighted by Gasteiger charge is 2.41. The van der Waals surface area contributed by atoms with Crippen LogP contribution in [0.5, 0.6) is 5.75 Å². The third-order valence-electron chi connectivity index (χ3n) is 7.30. The molecule has 1 heterocycles. The number of hydrogen-bond acceptors (Lipinski definition) is 3. The van der Waals surface area contributed by atoms with Crippen LogP contribution in [0.4, 0.5) is 0 Å². The molecule has 5 unspecified atom stereocenters. The summed E-state index contributed by atoms with van der Waals surface area (Å²) < 4.78 is 5.30. The van der Waals surface area contributed by atoms with E-state index in [1.165, 1.54) is 36.8 Å². The third-order valence-corrected chi connectivity index (χ3v) is 7.30. The number of hydrogen-bond donors (Lipinski definition) is 1. The lowest BCUT2D eigenvalue weighted by Gasteiger charge is -2.51. The average molecular weight is 394 g/mol. The van der Waals surface area contributed by atoms with Crippen LogP contribution in [0.3, 0.4) is 0 Å². The van der Waals surface area contributed by atoms with Gasteiger partial charge in [0.1, 0.15) is 5.75 Å². The number of likely N-dealkylation sites (tertiary alicyclic amines) is 1. The number of nitrogens with zero attached hydrogens (tertiary/aromatic N) is 1. The summed E-state index contributed by atoms with van der Waals surface area (Å²) in [6, 6.07) is 20.5. The van der Waals surface area contributed by atoms with Gasteiger partial charge in [-0.1, -0.05) is 42.5 Å². The molecule has 0 aromatic heterocycles. The predicted octanol–water partition coefficient (Wildman–Crippen LogP) is 5.10. The van der Waals surface area contributed by atoms with E-state index >= 15 is 0 Å². The lowest BCUT2D eigenvalue weighted by molar-refractivity contribution is -0.0241. The van der Waals surface area contributed by atoms with Crippen molar-refractivity contribution in [3.05, 3.63) is 65.7 Å². The molecule has 4 rings (SSSR count). The van der Waals surface area contributed by atoms with Crippen LogP contribution in [0.15, 0.2) is 54.6 Å². The second-order valence-electron chi connectivity index (χ2n) is 9.13. The average Bonchev–Trinajstić information content (AvgIpc) is 2.78. The maximum atomic E-state index is 9.96. The first-order valence-corrected chi connectivity index (χ1v) is 11.2. The van der Waals surface area contributed by atoms with Crippen molar-refractivity contribution in [2.75, 3.05) is 20.3 Å². The summed E-state index contributed by atoms with van der Waals surface area (Å²) in [6.45, 7) is 3.68. The Hall–Kier alpha value is -1.84. The lowest BCUT2D eigenvalue weighted by Crippen LogP contribution is -2.52. The lowest BCUT2D eigenvalue weighted by atomic mass is 9.69. The summed E-state index contributed by atoms with van der Waals surface area (Å²) in [7, 11) is 1.72. The minimum Gasteiger partial charge on any atom is -0.497 e. The Labute approximate surface area is 175 Å². The molecule has 0 radical (unpaired) electrons. The van der Waals surface area contributed by atoms with Gasteiger partial charge in [0.2, 0.25) is 0 Å². The molecule has 0 amide bonds. The van der Waals surface area contributed by atoms with Crippen molar-refractivity contribution in [1.82, 2.24) is 4.90 Å². The number of fused-ring (bicyclic) bond motifs is 1. The Morgan fingerprint density at radius 2 is 1.72 bits per heavy atom. The van der Waals surface area contributed by atoms with Gasteiger partial charge in [-0.15, -0.1) is 0 Å². The topological polar surface area (TPSA) is 32.7 Å². The molecule has 3 heteroatoms. The van der Waals surface area contributed by atoms with Crippen LogP contribution in [0.25, 0.3) is 0 Å². The van der Waals surface area contributed by atoms with Crippen molar-refractivity contribution < 1.29 is 9.84 Å². The molecular weight excluding hydrogens is 358 g/mol. The van der Waals surface area contributed by atoms with Crippen LogP contribution in [-0.2, 0) is 6.42 Å². The van der Waals surface area contributed by atoms with Gasteiger partial charge in [0.25, 0.3) is 0 Å². The minimum atomic E-state index is 0.310. The van der Waals surface area contributed by atoms with E-state index in [-0.39, 0.29) is 0 Å². The second kappa shape index (κ2) is 9.32. The SMILES string of the molecule is COc1ccc(CC2CCC3C(C2)CC(CO)CN3C(C)c2ccccc2)cc1. The van der Waals surface area contributed by atoms with Gasteiger partial charge in [0.05, 0.1) is 7.11 Å². The van der Waals surface area contributed by atoms with E-state index in [0.29, 0.717) is 30.5 Å². The predicted molar refractivity (Wildman–Crippen MR) is 118 cm³/mol. The monoisotopic (exact) mass is 393 g/mol. The zero-order valence-electron chi connectivity index (χ0n) is 17.8. The van der Waals surface area contributed by atoms with E-state index < -0.39 is 0 Å². The largest absolute Gasteiger partial charge is 0.497 e. The highest BCUT2D eigenvalue weighted by molar-refractivity contribution is 5.27. The van der Waals surface area contributed by atoms with E-state index in [2.05, 4.69) is 66.4 Å². The zero-order valence-corrected chi connectivity index (χ0v) is 17.8. The van der Waals surface area contributed by atoms with Crippen molar-refractivity contribution >= 4 is 0 Å². The molecule has 0 bridgehead atoms. The molecule has 0 spiro atoms. The first-order chi connectivity index (χ1) is 14.2. The van der Waals surface area contributed by atoms with Crippen LogP contribution in [0.1, 0.15) is 49.8 Å². The van der Waals surface area contributed by atoms with E-state index in [4.69, 9.17) is 4.74 Å². The van der Waals surface area contributed by atoms with Gasteiger partial charge >= 0.3 is 0 Å². The zero-order chi connectivity index (χ0) is 20.2. The highest BCUT2D eigenvalue weighted by atomic mass is 16.5. The number of aliphatic hydroxyl groups excluding tert-OH is 1. The number of benzene rings is 2. The molecule has 29 heavy (non-hydrogen) atoms. The molecule has 2 aromatic carbocycles. The molecular formula is C26H35NO2. The molecule has 1 saturated carbocycles. The van der Waals surface area contributed by atoms with E-state index in [1.54, 1.807) is 7.11 Å². The molecule has 156 valence electrons. The summed E-state index contributed by atoms with van der Waals surface area (Å²) in [5.74, 6) is 2.78. The molecule has 1 saturated heterocycles. The fourth-order valence-electron chi connectivity index (χ4n) is 5.75. The molecule has 2 fully saturated rings. The summed E-state index contributed by atoms with van der Waals surface area (Å²) >= 11 is 0. The third kappa shape index (κ3) is 4.67. The second-order valence-corrected chi connectivity index (χ2v) is 9.13. The highest BCUT2D eigenvalue weighted by Crippen LogP contribution is 2.43. The van der Waals surface area contributed by atoms with Gasteiger partial charge in [-0.05, 0) is 80.0 Å². The Balaban J connectivity index is 1.45. The van der Waals surface area contributed by atoms with Crippen LogP contribution in [0, 0.1) is 17.8 Å². The Morgan fingerprint density at radius 1 is 1.00 bits per heavy atom. The molecule has 2 aliphatic rings. The maximum absolute atomic E-state index is 9.96. The minimum absolute atomic E-state index is 0.310. The maximum Gasteiger partial charge on any atom is 0.118 e. The van der Waals surface area contributed by atoms with Gasteiger partial charge in [-0.3, -0.25) is 4.90 Å². The smallest absolute Gasteiger partial charge is 0.118 e.